The molecule has 1 aliphatic heterocycles. The molecule has 1 saturated heterocycles. The molecule has 0 spiro atoms. The maximum atomic E-state index is 11.8. The van der Waals surface area contributed by atoms with Crippen molar-refractivity contribution in [1.82, 2.24) is 19.7 Å². The van der Waals surface area contributed by atoms with Crippen LogP contribution >= 0.6 is 0 Å². The van der Waals surface area contributed by atoms with Crippen LogP contribution in [0.4, 0.5) is 5.95 Å². The van der Waals surface area contributed by atoms with E-state index in [1.165, 1.54) is 0 Å². The first-order chi connectivity index (χ1) is 15.8. The average Bonchev–Trinajstić information content (AvgIpc) is 3.44. The molecule has 0 saturated carbocycles. The zero-order valence-corrected chi connectivity index (χ0v) is 20.2. The van der Waals surface area contributed by atoms with E-state index in [9.17, 15) is 9.90 Å². The smallest absolute Gasteiger partial charge is 0.208 e. The molecule has 0 radical (unpaired) electrons. The molecular formula is C25H34N6O2. The number of nitrogens with zero attached hydrogens (tertiary/aromatic N) is 5. The number of rotatable bonds is 7. The lowest BCUT2D eigenvalue weighted by atomic mass is 10.1. The molecule has 176 valence electrons. The third-order valence-corrected chi connectivity index (χ3v) is 6.33. The molecule has 3 aromatic rings. The summed E-state index contributed by atoms with van der Waals surface area (Å²) in [7, 11) is 0. The molecule has 0 amide bonds. The Morgan fingerprint density at radius 2 is 2.09 bits per heavy atom. The van der Waals surface area contributed by atoms with E-state index in [0.29, 0.717) is 17.6 Å². The van der Waals surface area contributed by atoms with E-state index >= 15 is 0 Å². The SMILES string of the molecule is CC(=O)c1cccc(CN=c2nc(N3CCCC3CO)n(C(C)C)c3c(C(C)C)[nH]nc23)c1. The molecule has 8 heteroatoms. The highest BCUT2D eigenvalue weighted by Gasteiger charge is 2.30. The predicted octanol–water partition coefficient (Wildman–Crippen LogP) is 3.73. The number of carbonyl (C=O) groups is 1. The lowest BCUT2D eigenvalue weighted by molar-refractivity contribution is 0.101. The fraction of sp³-hybridized carbons (Fsp3) is 0.520. The fourth-order valence-corrected chi connectivity index (χ4v) is 4.60. The molecule has 2 N–H and O–H groups in total. The van der Waals surface area contributed by atoms with Gasteiger partial charge in [-0.15, -0.1) is 0 Å². The Labute approximate surface area is 194 Å². The van der Waals surface area contributed by atoms with Gasteiger partial charge >= 0.3 is 0 Å². The number of anilines is 1. The molecule has 33 heavy (non-hydrogen) atoms. The van der Waals surface area contributed by atoms with Crippen LogP contribution < -0.4 is 10.4 Å². The van der Waals surface area contributed by atoms with Crippen molar-refractivity contribution >= 4 is 22.8 Å². The molecule has 1 fully saturated rings. The van der Waals surface area contributed by atoms with Gasteiger partial charge in [-0.2, -0.15) is 10.1 Å². The highest BCUT2D eigenvalue weighted by molar-refractivity contribution is 5.94. The number of fused-ring (bicyclic) bond motifs is 1. The van der Waals surface area contributed by atoms with Crippen LogP contribution in [0.15, 0.2) is 29.3 Å². The molecule has 3 heterocycles. The Hall–Kier alpha value is -3.00. The summed E-state index contributed by atoms with van der Waals surface area (Å²) in [6.07, 6.45) is 1.97. The number of hydrogen-bond acceptors (Lipinski definition) is 6. The Bertz CT molecular complexity index is 1220. The van der Waals surface area contributed by atoms with Crippen molar-refractivity contribution in [2.24, 2.45) is 4.99 Å². The first-order valence-electron chi connectivity index (χ1n) is 11.8. The van der Waals surface area contributed by atoms with Gasteiger partial charge in [0.05, 0.1) is 30.4 Å². The molecular weight excluding hydrogens is 416 g/mol. The molecule has 0 aliphatic carbocycles. The number of ketones is 1. The minimum atomic E-state index is 0.0373. The number of hydrogen-bond donors (Lipinski definition) is 2. The van der Waals surface area contributed by atoms with Crippen molar-refractivity contribution in [3.05, 3.63) is 46.6 Å². The van der Waals surface area contributed by atoms with Gasteiger partial charge in [0.2, 0.25) is 5.95 Å². The van der Waals surface area contributed by atoms with Crippen LogP contribution in [0.1, 0.15) is 81.0 Å². The highest BCUT2D eigenvalue weighted by atomic mass is 16.3. The number of aromatic amines is 1. The molecule has 0 bridgehead atoms. The normalized spacial score (nSPS) is 17.2. The fourth-order valence-electron chi connectivity index (χ4n) is 4.60. The van der Waals surface area contributed by atoms with Crippen molar-refractivity contribution in [3.63, 3.8) is 0 Å². The molecule has 4 rings (SSSR count). The van der Waals surface area contributed by atoms with Crippen molar-refractivity contribution in [3.8, 4) is 0 Å². The van der Waals surface area contributed by atoms with Crippen LogP contribution in [-0.4, -0.2) is 49.8 Å². The van der Waals surface area contributed by atoms with Crippen LogP contribution in [0.3, 0.4) is 0 Å². The minimum Gasteiger partial charge on any atom is -0.394 e. The monoisotopic (exact) mass is 450 g/mol. The predicted molar refractivity (Wildman–Crippen MR) is 130 cm³/mol. The highest BCUT2D eigenvalue weighted by Crippen LogP contribution is 2.31. The first-order valence-corrected chi connectivity index (χ1v) is 11.8. The molecule has 1 unspecified atom stereocenters. The van der Waals surface area contributed by atoms with Gasteiger partial charge < -0.3 is 14.6 Å². The van der Waals surface area contributed by atoms with E-state index in [1.807, 2.05) is 24.3 Å². The van der Waals surface area contributed by atoms with Gasteiger partial charge in [-0.25, -0.2) is 0 Å². The van der Waals surface area contributed by atoms with Crippen LogP contribution in [0.5, 0.6) is 0 Å². The van der Waals surface area contributed by atoms with E-state index in [0.717, 1.165) is 47.6 Å². The van der Waals surface area contributed by atoms with E-state index in [2.05, 4.69) is 47.4 Å². The maximum absolute atomic E-state index is 11.8. The number of Topliss-reactive ketones (excluding diaryl/α,β-unsaturated/α-hetero) is 1. The number of benzene rings is 1. The molecule has 1 aromatic carbocycles. The number of H-pyrrole nitrogens is 1. The van der Waals surface area contributed by atoms with Gasteiger partial charge in [-0.05, 0) is 51.2 Å². The zero-order chi connectivity index (χ0) is 23.7. The summed E-state index contributed by atoms with van der Waals surface area (Å²) in [6.45, 7) is 11.5. The Morgan fingerprint density at radius 1 is 1.30 bits per heavy atom. The zero-order valence-electron chi connectivity index (χ0n) is 20.2. The molecule has 2 aromatic heterocycles. The van der Waals surface area contributed by atoms with Crippen LogP contribution in [0.2, 0.25) is 0 Å². The summed E-state index contributed by atoms with van der Waals surface area (Å²) >= 11 is 0. The topological polar surface area (TPSA) is 99.4 Å². The Morgan fingerprint density at radius 3 is 2.76 bits per heavy atom. The minimum absolute atomic E-state index is 0.0373. The van der Waals surface area contributed by atoms with E-state index in [1.54, 1.807) is 6.92 Å². The summed E-state index contributed by atoms with van der Waals surface area (Å²) < 4.78 is 2.23. The van der Waals surface area contributed by atoms with Crippen LogP contribution in [0.25, 0.3) is 11.0 Å². The van der Waals surface area contributed by atoms with Crippen molar-refractivity contribution in [2.75, 3.05) is 18.1 Å². The number of aliphatic hydroxyl groups is 1. The third kappa shape index (κ3) is 4.44. The van der Waals surface area contributed by atoms with Gasteiger partial charge in [0.25, 0.3) is 0 Å². The summed E-state index contributed by atoms with van der Waals surface area (Å²) in [5, 5.41) is 17.8. The van der Waals surface area contributed by atoms with E-state index in [-0.39, 0.29) is 30.4 Å². The van der Waals surface area contributed by atoms with E-state index < -0.39 is 0 Å². The van der Waals surface area contributed by atoms with Crippen molar-refractivity contribution < 1.29 is 9.90 Å². The van der Waals surface area contributed by atoms with Crippen molar-refractivity contribution in [2.45, 2.75) is 72.0 Å². The lowest BCUT2D eigenvalue weighted by Crippen LogP contribution is -2.37. The first kappa shape index (κ1) is 23.2. The molecule has 1 aliphatic rings. The van der Waals surface area contributed by atoms with Crippen molar-refractivity contribution in [1.29, 1.82) is 0 Å². The maximum Gasteiger partial charge on any atom is 0.208 e. The van der Waals surface area contributed by atoms with Gasteiger partial charge in [0.1, 0.15) is 0 Å². The molecule has 1 atom stereocenters. The quantitative estimate of drug-likeness (QED) is 0.535. The largest absolute Gasteiger partial charge is 0.394 e. The number of aliphatic hydroxyl groups excluding tert-OH is 1. The summed E-state index contributed by atoms with van der Waals surface area (Å²) in [4.78, 5) is 23.9. The second kappa shape index (κ2) is 9.47. The summed E-state index contributed by atoms with van der Waals surface area (Å²) in [5.74, 6) is 1.12. The van der Waals surface area contributed by atoms with Gasteiger partial charge in [0.15, 0.2) is 16.8 Å². The Balaban J connectivity index is 1.93. The van der Waals surface area contributed by atoms with E-state index in [4.69, 9.17) is 9.98 Å². The number of aromatic nitrogens is 4. The standard InChI is InChI=1S/C25H34N6O2/c1-15(2)21-23-22(29-28-21)24(26-13-18-8-6-9-19(12-18)17(5)33)27-25(31(23)16(3)4)30-11-7-10-20(30)14-32/h6,8-9,12,15-16,20,32H,7,10-11,13-14H2,1-5H3,(H,28,29). The third-order valence-electron chi connectivity index (χ3n) is 6.33. The number of nitrogens with one attached hydrogen (secondary N) is 1. The average molecular weight is 451 g/mol. The molecule has 8 nitrogen and oxygen atoms in total. The van der Waals surface area contributed by atoms with Crippen LogP contribution in [0, 0.1) is 0 Å². The second-order valence-corrected chi connectivity index (χ2v) is 9.43. The summed E-state index contributed by atoms with van der Waals surface area (Å²) in [6, 6.07) is 7.76. The Kier molecular flexibility index (Phi) is 6.65. The second-order valence-electron chi connectivity index (χ2n) is 9.43. The van der Waals surface area contributed by atoms with Gasteiger partial charge in [-0.1, -0.05) is 32.0 Å². The van der Waals surface area contributed by atoms with Crippen LogP contribution in [-0.2, 0) is 6.54 Å². The number of carbonyl (C=O) groups excluding carboxylic acids is 1. The summed E-state index contributed by atoms with van der Waals surface area (Å²) in [5.41, 5.74) is 5.03. The van der Waals surface area contributed by atoms with Gasteiger partial charge in [0, 0.05) is 18.2 Å². The lowest BCUT2D eigenvalue weighted by Gasteiger charge is -2.29. The van der Waals surface area contributed by atoms with Gasteiger partial charge in [-0.3, -0.25) is 14.9 Å².